The van der Waals surface area contributed by atoms with Crippen molar-refractivity contribution in [2.45, 2.75) is 6.10 Å². The number of furan rings is 1. The summed E-state index contributed by atoms with van der Waals surface area (Å²) in [6.45, 7) is 0. The molecule has 0 amide bonds. The number of aliphatic hydroxyl groups is 1. The molecule has 5 heteroatoms. The molecule has 68 valence electrons. The second kappa shape index (κ2) is 3.20. The minimum Gasteiger partial charge on any atom is -0.466 e. The van der Waals surface area contributed by atoms with Gasteiger partial charge in [-0.05, 0) is 12.1 Å². The maximum absolute atomic E-state index is 9.72. The monoisotopic (exact) mass is 196 g/mol. The van der Waals surface area contributed by atoms with Crippen LogP contribution < -0.4 is 5.73 Å². The fourth-order valence-corrected chi connectivity index (χ4v) is 1.69. The Bertz CT molecular complexity index is 383. The van der Waals surface area contributed by atoms with E-state index in [2.05, 4.69) is 4.98 Å². The van der Waals surface area contributed by atoms with Crippen LogP contribution >= 0.6 is 11.3 Å². The van der Waals surface area contributed by atoms with Crippen molar-refractivity contribution in [3.63, 3.8) is 0 Å². The predicted molar refractivity (Wildman–Crippen MR) is 49.3 cm³/mol. The molecule has 2 aromatic rings. The molecule has 0 aromatic carbocycles. The molecule has 0 aliphatic rings. The first-order chi connectivity index (χ1) is 6.27. The van der Waals surface area contributed by atoms with E-state index in [1.807, 2.05) is 0 Å². The van der Waals surface area contributed by atoms with Gasteiger partial charge in [0.15, 0.2) is 5.13 Å². The van der Waals surface area contributed by atoms with Crippen molar-refractivity contribution in [3.05, 3.63) is 35.2 Å². The Labute approximate surface area is 78.6 Å². The molecule has 0 saturated heterocycles. The largest absolute Gasteiger partial charge is 0.466 e. The van der Waals surface area contributed by atoms with Gasteiger partial charge in [0.05, 0.1) is 11.1 Å². The van der Waals surface area contributed by atoms with Gasteiger partial charge in [-0.25, -0.2) is 4.98 Å². The summed E-state index contributed by atoms with van der Waals surface area (Å²) >= 11 is 1.25. The third-order valence-corrected chi connectivity index (χ3v) is 2.50. The Balaban J connectivity index is 2.28. The van der Waals surface area contributed by atoms with E-state index < -0.39 is 6.10 Å². The second-order valence-electron chi connectivity index (χ2n) is 2.52. The molecular formula is C8H8N2O2S. The minimum absolute atomic E-state index is 0.445. The molecule has 3 N–H and O–H groups in total. The van der Waals surface area contributed by atoms with Crippen LogP contribution in [0.4, 0.5) is 5.13 Å². The van der Waals surface area contributed by atoms with E-state index in [1.165, 1.54) is 17.6 Å². The van der Waals surface area contributed by atoms with Crippen LogP contribution in [-0.4, -0.2) is 10.1 Å². The average Bonchev–Trinajstić information content (AvgIpc) is 2.72. The minimum atomic E-state index is -0.759. The van der Waals surface area contributed by atoms with Crippen LogP contribution in [0.15, 0.2) is 29.0 Å². The first-order valence-corrected chi connectivity index (χ1v) is 4.51. The number of aromatic nitrogens is 1. The van der Waals surface area contributed by atoms with E-state index in [4.69, 9.17) is 10.2 Å². The van der Waals surface area contributed by atoms with Gasteiger partial charge in [-0.3, -0.25) is 0 Å². The Kier molecular flexibility index (Phi) is 2.03. The molecule has 2 aromatic heterocycles. The Morgan fingerprint density at radius 3 is 3.00 bits per heavy atom. The molecule has 0 radical (unpaired) electrons. The summed E-state index contributed by atoms with van der Waals surface area (Å²) in [4.78, 5) is 4.53. The lowest BCUT2D eigenvalue weighted by molar-refractivity contribution is 0.192. The van der Waals surface area contributed by atoms with Crippen molar-refractivity contribution in [2.24, 2.45) is 0 Å². The molecule has 0 aliphatic heterocycles. The average molecular weight is 196 g/mol. The molecule has 0 bridgehead atoms. The van der Waals surface area contributed by atoms with Crippen LogP contribution in [0.1, 0.15) is 16.7 Å². The highest BCUT2D eigenvalue weighted by Crippen LogP contribution is 2.27. The highest BCUT2D eigenvalue weighted by molar-refractivity contribution is 7.15. The topological polar surface area (TPSA) is 72.3 Å². The van der Waals surface area contributed by atoms with E-state index in [9.17, 15) is 5.11 Å². The smallest absolute Gasteiger partial charge is 0.180 e. The van der Waals surface area contributed by atoms with Gasteiger partial charge in [0, 0.05) is 6.20 Å². The SMILES string of the molecule is Nc1ncc(C(O)c2ccco2)s1. The van der Waals surface area contributed by atoms with Gasteiger partial charge in [0.2, 0.25) is 0 Å². The highest BCUT2D eigenvalue weighted by atomic mass is 32.1. The third kappa shape index (κ3) is 1.56. The molecule has 2 heterocycles. The molecule has 1 atom stereocenters. The van der Waals surface area contributed by atoms with Crippen molar-refractivity contribution in [2.75, 3.05) is 5.73 Å². The number of anilines is 1. The van der Waals surface area contributed by atoms with Crippen LogP contribution in [-0.2, 0) is 0 Å². The number of nitrogen functional groups attached to an aromatic ring is 1. The lowest BCUT2D eigenvalue weighted by atomic mass is 10.2. The molecule has 1 unspecified atom stereocenters. The number of thiazole rings is 1. The zero-order chi connectivity index (χ0) is 9.26. The van der Waals surface area contributed by atoms with Crippen molar-refractivity contribution < 1.29 is 9.52 Å². The molecule has 0 spiro atoms. The molecule has 4 nitrogen and oxygen atoms in total. The first-order valence-electron chi connectivity index (χ1n) is 3.70. The molecule has 2 rings (SSSR count). The van der Waals surface area contributed by atoms with E-state index in [0.29, 0.717) is 15.8 Å². The third-order valence-electron chi connectivity index (χ3n) is 1.62. The van der Waals surface area contributed by atoms with Crippen LogP contribution in [0.3, 0.4) is 0 Å². The Morgan fingerprint density at radius 1 is 1.62 bits per heavy atom. The van der Waals surface area contributed by atoms with E-state index in [1.54, 1.807) is 18.3 Å². The Hall–Kier alpha value is -1.33. The summed E-state index contributed by atoms with van der Waals surface area (Å²) in [6.07, 6.45) is 2.31. The summed E-state index contributed by atoms with van der Waals surface area (Å²) in [5.41, 5.74) is 5.44. The number of rotatable bonds is 2. The Morgan fingerprint density at radius 2 is 2.46 bits per heavy atom. The molecule has 0 aliphatic carbocycles. The van der Waals surface area contributed by atoms with Gasteiger partial charge < -0.3 is 15.3 Å². The highest BCUT2D eigenvalue weighted by Gasteiger charge is 2.15. The summed E-state index contributed by atoms with van der Waals surface area (Å²) in [6, 6.07) is 3.43. The molecule has 13 heavy (non-hydrogen) atoms. The van der Waals surface area contributed by atoms with Gasteiger partial charge in [-0.15, -0.1) is 0 Å². The number of hydrogen-bond acceptors (Lipinski definition) is 5. The lowest BCUT2D eigenvalue weighted by Gasteiger charge is -2.02. The molecule has 0 saturated carbocycles. The lowest BCUT2D eigenvalue weighted by Crippen LogP contribution is -1.93. The van der Waals surface area contributed by atoms with Crippen LogP contribution in [0.5, 0.6) is 0 Å². The van der Waals surface area contributed by atoms with Gasteiger partial charge >= 0.3 is 0 Å². The maximum Gasteiger partial charge on any atom is 0.180 e. The van der Waals surface area contributed by atoms with Gasteiger partial charge in [0.25, 0.3) is 0 Å². The number of nitrogens with two attached hydrogens (primary N) is 1. The zero-order valence-corrected chi connectivity index (χ0v) is 7.49. The van der Waals surface area contributed by atoms with Gasteiger partial charge in [0.1, 0.15) is 11.9 Å². The van der Waals surface area contributed by atoms with E-state index >= 15 is 0 Å². The predicted octanol–water partition coefficient (Wildman–Crippen LogP) is 1.40. The van der Waals surface area contributed by atoms with E-state index in [-0.39, 0.29) is 0 Å². The normalized spacial score (nSPS) is 13.0. The van der Waals surface area contributed by atoms with Crippen molar-refractivity contribution in [1.82, 2.24) is 4.98 Å². The first kappa shape index (κ1) is 8.28. The summed E-state index contributed by atoms with van der Waals surface area (Å²) in [5.74, 6) is 0.503. The van der Waals surface area contributed by atoms with Crippen LogP contribution in [0, 0.1) is 0 Å². The number of hydrogen-bond donors (Lipinski definition) is 2. The van der Waals surface area contributed by atoms with E-state index in [0.717, 1.165) is 0 Å². The van der Waals surface area contributed by atoms with Crippen molar-refractivity contribution in [1.29, 1.82) is 0 Å². The fraction of sp³-hybridized carbons (Fsp3) is 0.125. The standard InChI is InChI=1S/C8H8N2O2S/c9-8-10-4-6(13-8)7(11)5-2-1-3-12-5/h1-4,7,11H,(H2,9,10). The van der Waals surface area contributed by atoms with Crippen molar-refractivity contribution in [3.8, 4) is 0 Å². The fourth-order valence-electron chi connectivity index (χ4n) is 1.01. The van der Waals surface area contributed by atoms with Gasteiger partial charge in [-0.1, -0.05) is 11.3 Å². The van der Waals surface area contributed by atoms with Crippen molar-refractivity contribution >= 4 is 16.5 Å². The molecular weight excluding hydrogens is 188 g/mol. The van der Waals surface area contributed by atoms with Gasteiger partial charge in [-0.2, -0.15) is 0 Å². The second-order valence-corrected chi connectivity index (χ2v) is 3.61. The quantitative estimate of drug-likeness (QED) is 0.761. The number of nitrogens with zero attached hydrogens (tertiary/aromatic N) is 1. The zero-order valence-electron chi connectivity index (χ0n) is 6.68. The van der Waals surface area contributed by atoms with Crippen LogP contribution in [0.2, 0.25) is 0 Å². The van der Waals surface area contributed by atoms with Crippen LogP contribution in [0.25, 0.3) is 0 Å². The summed E-state index contributed by atoms with van der Waals surface area (Å²) in [7, 11) is 0. The number of aliphatic hydroxyl groups excluding tert-OH is 1. The summed E-state index contributed by atoms with van der Waals surface area (Å²) < 4.78 is 5.05. The maximum atomic E-state index is 9.72. The summed E-state index contributed by atoms with van der Waals surface area (Å²) in [5, 5.41) is 10.2. The molecule has 0 fully saturated rings.